The molecule has 3 rings (SSSR count). The second kappa shape index (κ2) is 10.9. The van der Waals surface area contributed by atoms with Crippen LogP contribution in [-0.4, -0.2) is 89.9 Å². The van der Waals surface area contributed by atoms with Gasteiger partial charge in [-0.2, -0.15) is 0 Å². The number of phosphoric ester groups is 1. The van der Waals surface area contributed by atoms with Crippen LogP contribution in [0.15, 0.2) is 30.3 Å². The van der Waals surface area contributed by atoms with E-state index in [1.54, 1.807) is 43.5 Å². The number of methoxy groups -OCH3 is 2. The Morgan fingerprint density at radius 1 is 0.929 bits per heavy atom. The van der Waals surface area contributed by atoms with Crippen LogP contribution in [0, 0.1) is 0 Å². The smallest absolute Gasteiger partial charge is 0.493 e. The number of hydrogen-bond donors (Lipinski definition) is 2. The maximum Gasteiger partial charge on any atom is 0.524 e. The van der Waals surface area contributed by atoms with Gasteiger partial charge in [-0.3, -0.25) is 9.79 Å². The summed E-state index contributed by atoms with van der Waals surface area (Å²) in [6.45, 7) is 0.139. The van der Waals surface area contributed by atoms with Crippen molar-refractivity contribution in [1.82, 2.24) is 0 Å². The van der Waals surface area contributed by atoms with Crippen molar-refractivity contribution in [3.63, 3.8) is 0 Å². The molecule has 8 nitrogen and oxygen atoms in total. The van der Waals surface area contributed by atoms with Crippen molar-refractivity contribution in [2.75, 3.05) is 21.0 Å². The van der Waals surface area contributed by atoms with Gasteiger partial charge in [-0.15, -0.1) is 0 Å². The van der Waals surface area contributed by atoms with Crippen LogP contribution in [0.3, 0.4) is 0 Å². The van der Waals surface area contributed by atoms with E-state index in [0.29, 0.717) is 22.8 Å². The molecule has 0 saturated carbocycles. The molecule has 2 aromatic carbocycles. The fraction of sp³-hybridized carbons (Fsp3) is 0.176. The van der Waals surface area contributed by atoms with Crippen LogP contribution in [0.4, 0.5) is 0 Å². The van der Waals surface area contributed by atoms with E-state index in [0.717, 1.165) is 5.56 Å². The van der Waals surface area contributed by atoms with Crippen molar-refractivity contribution in [2.45, 2.75) is 0 Å². The molecule has 1 aliphatic heterocycles. The van der Waals surface area contributed by atoms with Crippen molar-refractivity contribution in [3.8, 4) is 28.7 Å². The normalized spacial score (nSPS) is 12.1. The number of fused-ring (bicyclic) bond motifs is 1. The number of benzene rings is 2. The van der Waals surface area contributed by atoms with E-state index < -0.39 is 7.82 Å². The van der Waals surface area contributed by atoms with Gasteiger partial charge >= 0.3 is 7.82 Å². The number of rotatable bonds is 6. The summed E-state index contributed by atoms with van der Waals surface area (Å²) in [5.74, 6) is 1.87. The molecule has 0 atom stereocenters. The first-order valence-electron chi connectivity index (χ1n) is 7.48. The standard InChI is InChI=1S/C17H17O8P.2Na/c1-21-13-6-5-11(7-14(13)25-26(18,19)20)3-4-12-8-15(22-2)17-16(9-12)23-10-24-17;;/h3-9H,10H2,1-2H3,(H2,18,19,20);;/b4-3-;;. The summed E-state index contributed by atoms with van der Waals surface area (Å²) in [7, 11) is -1.77. The van der Waals surface area contributed by atoms with E-state index in [1.165, 1.54) is 13.2 Å². The Kier molecular flexibility index (Phi) is 9.89. The van der Waals surface area contributed by atoms with Gasteiger partial charge in [-0.25, -0.2) is 4.57 Å². The van der Waals surface area contributed by atoms with E-state index in [4.69, 9.17) is 28.7 Å². The largest absolute Gasteiger partial charge is 0.524 e. The molecule has 0 unspecified atom stereocenters. The molecule has 1 heterocycles. The molecule has 2 aromatic rings. The molecular formula is C17H17Na2O8P. The quantitative estimate of drug-likeness (QED) is 0.412. The Balaban J connectivity index is 0.00000196. The first-order chi connectivity index (χ1) is 12.4. The van der Waals surface area contributed by atoms with Crippen molar-refractivity contribution in [3.05, 3.63) is 41.5 Å². The summed E-state index contributed by atoms with van der Waals surface area (Å²) in [6.07, 6.45) is 3.55. The summed E-state index contributed by atoms with van der Waals surface area (Å²) in [5.41, 5.74) is 1.46. The Morgan fingerprint density at radius 2 is 1.57 bits per heavy atom. The summed E-state index contributed by atoms with van der Waals surface area (Å²) in [4.78, 5) is 18.0. The van der Waals surface area contributed by atoms with Gasteiger partial charge in [-0.05, 0) is 35.4 Å². The molecule has 0 amide bonds. The third kappa shape index (κ3) is 6.42. The topological polar surface area (TPSA) is 104 Å². The molecule has 0 spiro atoms. The average Bonchev–Trinajstić information content (AvgIpc) is 3.06. The van der Waals surface area contributed by atoms with E-state index in [2.05, 4.69) is 4.52 Å². The molecule has 28 heavy (non-hydrogen) atoms. The van der Waals surface area contributed by atoms with E-state index in [1.807, 2.05) is 0 Å². The Labute approximate surface area is 206 Å². The maximum atomic E-state index is 11.1. The van der Waals surface area contributed by atoms with Crippen LogP contribution in [0.2, 0.25) is 0 Å². The minimum atomic E-state index is -4.70. The molecule has 140 valence electrons. The minimum Gasteiger partial charge on any atom is -0.493 e. The fourth-order valence-electron chi connectivity index (χ4n) is 2.43. The summed E-state index contributed by atoms with van der Waals surface area (Å²) in [5, 5.41) is 0. The van der Waals surface area contributed by atoms with Crippen molar-refractivity contribution in [1.29, 1.82) is 0 Å². The van der Waals surface area contributed by atoms with Gasteiger partial charge < -0.3 is 23.5 Å². The number of ether oxygens (including phenoxy) is 4. The number of hydrogen-bond acceptors (Lipinski definition) is 6. The van der Waals surface area contributed by atoms with Crippen molar-refractivity contribution < 1.29 is 37.8 Å². The van der Waals surface area contributed by atoms with E-state index >= 15 is 0 Å². The predicted molar refractivity (Wildman–Crippen MR) is 105 cm³/mol. The van der Waals surface area contributed by atoms with Gasteiger partial charge in [0.15, 0.2) is 23.0 Å². The molecule has 0 aromatic heterocycles. The van der Waals surface area contributed by atoms with E-state index in [9.17, 15) is 4.57 Å². The first-order valence-corrected chi connectivity index (χ1v) is 9.01. The molecular weight excluding hydrogens is 409 g/mol. The summed E-state index contributed by atoms with van der Waals surface area (Å²) in [6, 6.07) is 8.36. The molecule has 0 bridgehead atoms. The van der Waals surface area contributed by atoms with Gasteiger partial charge in [-0.1, -0.05) is 18.2 Å². The summed E-state index contributed by atoms with van der Waals surface area (Å²) < 4.78 is 36.8. The van der Waals surface area contributed by atoms with Gasteiger partial charge in [0.25, 0.3) is 0 Å². The molecule has 0 fully saturated rings. The van der Waals surface area contributed by atoms with Crippen LogP contribution in [0.25, 0.3) is 12.2 Å². The Bertz CT molecular complexity index is 897. The van der Waals surface area contributed by atoms with Crippen LogP contribution in [-0.2, 0) is 4.57 Å². The Morgan fingerprint density at radius 3 is 2.21 bits per heavy atom. The molecule has 2 radical (unpaired) electrons. The second-order valence-corrected chi connectivity index (χ2v) is 6.45. The minimum absolute atomic E-state index is 0. The zero-order chi connectivity index (χ0) is 18.7. The van der Waals surface area contributed by atoms with Crippen molar-refractivity contribution >= 4 is 79.1 Å². The fourth-order valence-corrected chi connectivity index (χ4v) is 2.83. The molecule has 2 N–H and O–H groups in total. The van der Waals surface area contributed by atoms with Crippen LogP contribution >= 0.6 is 7.82 Å². The SMILES string of the molecule is COc1ccc(/C=C\c2cc(OC)c3c(c2)OCO3)cc1OP(=O)(O)O.[Na].[Na]. The molecule has 1 aliphatic rings. The zero-order valence-corrected chi connectivity index (χ0v) is 20.9. The summed E-state index contributed by atoms with van der Waals surface area (Å²) >= 11 is 0. The van der Waals surface area contributed by atoms with Gasteiger partial charge in [0.05, 0.1) is 14.2 Å². The zero-order valence-electron chi connectivity index (χ0n) is 16.0. The van der Waals surface area contributed by atoms with Crippen LogP contribution < -0.4 is 23.5 Å². The first kappa shape index (κ1) is 25.4. The van der Waals surface area contributed by atoms with Gasteiger partial charge in [0, 0.05) is 59.1 Å². The van der Waals surface area contributed by atoms with Gasteiger partial charge in [0.1, 0.15) is 0 Å². The third-order valence-corrected chi connectivity index (χ3v) is 3.99. The van der Waals surface area contributed by atoms with E-state index in [-0.39, 0.29) is 77.4 Å². The average molecular weight is 426 g/mol. The third-order valence-electron chi connectivity index (χ3n) is 3.55. The predicted octanol–water partition coefficient (Wildman–Crippen LogP) is 2.31. The molecule has 0 aliphatic carbocycles. The molecule has 0 saturated heterocycles. The Hall–Kier alpha value is -0.670. The van der Waals surface area contributed by atoms with Crippen LogP contribution in [0.1, 0.15) is 11.1 Å². The van der Waals surface area contributed by atoms with Crippen molar-refractivity contribution in [2.24, 2.45) is 0 Å². The maximum absolute atomic E-state index is 11.1. The van der Waals surface area contributed by atoms with Crippen LogP contribution in [0.5, 0.6) is 28.7 Å². The second-order valence-electron chi connectivity index (χ2n) is 5.28. The molecule has 11 heteroatoms. The van der Waals surface area contributed by atoms with Gasteiger partial charge in [0.2, 0.25) is 12.5 Å². The number of phosphoric acid groups is 1. The monoisotopic (exact) mass is 426 g/mol.